The smallest absolute Gasteiger partial charge is 0.230 e. The molecule has 0 spiro atoms. The molecule has 1 aromatic carbocycles. The molecular formula is C18H17N3OS. The summed E-state index contributed by atoms with van der Waals surface area (Å²) in [5.41, 5.74) is 4.12. The lowest BCUT2D eigenvalue weighted by Crippen LogP contribution is -2.14. The minimum Gasteiger partial charge on any atom is -0.302 e. The van der Waals surface area contributed by atoms with E-state index in [2.05, 4.69) is 34.3 Å². The zero-order chi connectivity index (χ0) is 16.1. The van der Waals surface area contributed by atoms with Crippen LogP contribution in [0.1, 0.15) is 18.1 Å². The molecule has 3 aromatic rings. The summed E-state index contributed by atoms with van der Waals surface area (Å²) >= 11 is 1.43. The largest absolute Gasteiger partial charge is 0.302 e. The van der Waals surface area contributed by atoms with Gasteiger partial charge in [0.2, 0.25) is 5.91 Å². The van der Waals surface area contributed by atoms with Crippen LogP contribution < -0.4 is 5.32 Å². The SMILES string of the molecule is CCc1ccc(CC(=O)Nc2nc(-c3ccncc3)cs2)cc1. The average Bonchev–Trinajstić information content (AvgIpc) is 3.04. The first-order valence-electron chi connectivity index (χ1n) is 7.48. The number of anilines is 1. The van der Waals surface area contributed by atoms with Crippen molar-refractivity contribution in [1.82, 2.24) is 9.97 Å². The van der Waals surface area contributed by atoms with Crippen molar-refractivity contribution < 1.29 is 4.79 Å². The number of hydrogen-bond acceptors (Lipinski definition) is 4. The van der Waals surface area contributed by atoms with Crippen LogP contribution in [0.5, 0.6) is 0 Å². The van der Waals surface area contributed by atoms with Crippen LogP contribution in [0.2, 0.25) is 0 Å². The number of aryl methyl sites for hydroxylation is 1. The number of benzene rings is 1. The Kier molecular flexibility index (Phi) is 4.78. The van der Waals surface area contributed by atoms with Crippen molar-refractivity contribution in [1.29, 1.82) is 0 Å². The molecule has 0 radical (unpaired) electrons. The fraction of sp³-hybridized carbons (Fsp3) is 0.167. The molecule has 1 amide bonds. The Balaban J connectivity index is 1.63. The highest BCUT2D eigenvalue weighted by Crippen LogP contribution is 2.24. The normalized spacial score (nSPS) is 10.5. The van der Waals surface area contributed by atoms with Crippen molar-refractivity contribution in [3.63, 3.8) is 0 Å². The number of carbonyl (C=O) groups excluding carboxylic acids is 1. The van der Waals surface area contributed by atoms with Crippen molar-refractivity contribution in [3.8, 4) is 11.3 Å². The van der Waals surface area contributed by atoms with Gasteiger partial charge < -0.3 is 5.32 Å². The van der Waals surface area contributed by atoms with E-state index in [1.807, 2.05) is 29.6 Å². The van der Waals surface area contributed by atoms with E-state index in [0.717, 1.165) is 23.2 Å². The fourth-order valence-electron chi connectivity index (χ4n) is 2.23. The first kappa shape index (κ1) is 15.4. The molecule has 0 aliphatic heterocycles. The zero-order valence-electron chi connectivity index (χ0n) is 12.8. The van der Waals surface area contributed by atoms with E-state index in [4.69, 9.17) is 0 Å². The minimum absolute atomic E-state index is 0.0510. The molecule has 2 aromatic heterocycles. The third kappa shape index (κ3) is 4.02. The van der Waals surface area contributed by atoms with Gasteiger partial charge in [-0.2, -0.15) is 0 Å². The van der Waals surface area contributed by atoms with Crippen molar-refractivity contribution in [2.75, 3.05) is 5.32 Å². The Hall–Kier alpha value is -2.53. The quantitative estimate of drug-likeness (QED) is 0.773. The molecule has 116 valence electrons. The van der Waals surface area contributed by atoms with Gasteiger partial charge in [0.05, 0.1) is 12.1 Å². The predicted molar refractivity (Wildman–Crippen MR) is 93.5 cm³/mol. The van der Waals surface area contributed by atoms with E-state index in [1.165, 1.54) is 16.9 Å². The van der Waals surface area contributed by atoms with Crippen LogP contribution in [0.4, 0.5) is 5.13 Å². The topological polar surface area (TPSA) is 54.9 Å². The average molecular weight is 323 g/mol. The van der Waals surface area contributed by atoms with Gasteiger partial charge in [0.25, 0.3) is 0 Å². The first-order valence-corrected chi connectivity index (χ1v) is 8.36. The number of amides is 1. The van der Waals surface area contributed by atoms with Gasteiger partial charge in [0.1, 0.15) is 0 Å². The summed E-state index contributed by atoms with van der Waals surface area (Å²) in [6.45, 7) is 2.12. The molecule has 0 bridgehead atoms. The molecule has 5 heteroatoms. The second-order valence-electron chi connectivity index (χ2n) is 5.17. The highest BCUT2D eigenvalue weighted by Gasteiger charge is 2.08. The van der Waals surface area contributed by atoms with Crippen LogP contribution in [0, 0.1) is 0 Å². The third-order valence-electron chi connectivity index (χ3n) is 3.52. The Morgan fingerprint density at radius 1 is 1.09 bits per heavy atom. The number of nitrogens with one attached hydrogen (secondary N) is 1. The van der Waals surface area contributed by atoms with Gasteiger partial charge in [-0.25, -0.2) is 4.98 Å². The summed E-state index contributed by atoms with van der Waals surface area (Å²) < 4.78 is 0. The molecular weight excluding hydrogens is 306 g/mol. The Bertz CT molecular complexity index is 782. The van der Waals surface area contributed by atoms with Gasteiger partial charge in [0.15, 0.2) is 5.13 Å². The molecule has 0 saturated carbocycles. The molecule has 1 N–H and O–H groups in total. The number of pyridine rings is 1. The summed E-state index contributed by atoms with van der Waals surface area (Å²) in [5, 5.41) is 5.41. The summed E-state index contributed by atoms with van der Waals surface area (Å²) in [7, 11) is 0. The number of carbonyl (C=O) groups is 1. The van der Waals surface area contributed by atoms with Crippen LogP contribution in [-0.2, 0) is 17.6 Å². The van der Waals surface area contributed by atoms with Crippen LogP contribution in [-0.4, -0.2) is 15.9 Å². The van der Waals surface area contributed by atoms with E-state index in [0.29, 0.717) is 11.6 Å². The monoisotopic (exact) mass is 323 g/mol. The molecule has 0 aliphatic rings. The van der Waals surface area contributed by atoms with Gasteiger partial charge >= 0.3 is 0 Å². The van der Waals surface area contributed by atoms with Gasteiger partial charge in [-0.05, 0) is 29.7 Å². The number of nitrogens with zero attached hydrogens (tertiary/aromatic N) is 2. The molecule has 2 heterocycles. The van der Waals surface area contributed by atoms with E-state index >= 15 is 0 Å². The van der Waals surface area contributed by atoms with Crippen LogP contribution >= 0.6 is 11.3 Å². The Morgan fingerprint density at radius 3 is 2.48 bits per heavy atom. The number of thiazole rings is 1. The third-order valence-corrected chi connectivity index (χ3v) is 4.28. The molecule has 0 fully saturated rings. The summed E-state index contributed by atoms with van der Waals surface area (Å²) in [6, 6.07) is 11.9. The second-order valence-corrected chi connectivity index (χ2v) is 6.03. The Morgan fingerprint density at radius 2 is 1.78 bits per heavy atom. The van der Waals surface area contributed by atoms with Crippen molar-refractivity contribution in [3.05, 3.63) is 65.3 Å². The zero-order valence-corrected chi connectivity index (χ0v) is 13.6. The molecule has 0 aliphatic carbocycles. The predicted octanol–water partition coefficient (Wildman–Crippen LogP) is 3.95. The van der Waals surface area contributed by atoms with Crippen molar-refractivity contribution >= 4 is 22.4 Å². The molecule has 0 saturated heterocycles. The van der Waals surface area contributed by atoms with Gasteiger partial charge in [0, 0.05) is 23.3 Å². The van der Waals surface area contributed by atoms with E-state index in [1.54, 1.807) is 12.4 Å². The maximum Gasteiger partial charge on any atom is 0.230 e. The van der Waals surface area contributed by atoms with Gasteiger partial charge in [-0.3, -0.25) is 9.78 Å². The number of rotatable bonds is 5. The highest BCUT2D eigenvalue weighted by molar-refractivity contribution is 7.14. The maximum atomic E-state index is 12.1. The molecule has 23 heavy (non-hydrogen) atoms. The lowest BCUT2D eigenvalue weighted by Gasteiger charge is -2.03. The standard InChI is InChI=1S/C18H17N3OS/c1-2-13-3-5-14(6-4-13)11-17(22)21-18-20-16(12-23-18)15-7-9-19-10-8-15/h3-10,12H,2,11H2,1H3,(H,20,21,22). The van der Waals surface area contributed by atoms with Crippen molar-refractivity contribution in [2.24, 2.45) is 0 Å². The fourth-order valence-corrected chi connectivity index (χ4v) is 2.96. The molecule has 0 unspecified atom stereocenters. The maximum absolute atomic E-state index is 12.1. The lowest BCUT2D eigenvalue weighted by molar-refractivity contribution is -0.115. The Labute approximate surface area is 139 Å². The summed E-state index contributed by atoms with van der Waals surface area (Å²) in [6.07, 6.45) is 4.82. The second kappa shape index (κ2) is 7.15. The molecule has 0 atom stereocenters. The van der Waals surface area contributed by atoms with Gasteiger partial charge in [-0.15, -0.1) is 11.3 Å². The van der Waals surface area contributed by atoms with Crippen LogP contribution in [0.25, 0.3) is 11.3 Å². The van der Waals surface area contributed by atoms with E-state index in [-0.39, 0.29) is 5.91 Å². The van der Waals surface area contributed by atoms with Crippen molar-refractivity contribution in [2.45, 2.75) is 19.8 Å². The van der Waals surface area contributed by atoms with E-state index in [9.17, 15) is 4.79 Å². The minimum atomic E-state index is -0.0510. The summed E-state index contributed by atoms with van der Waals surface area (Å²) in [4.78, 5) is 20.6. The molecule has 4 nitrogen and oxygen atoms in total. The van der Waals surface area contributed by atoms with Crippen LogP contribution in [0.15, 0.2) is 54.2 Å². The lowest BCUT2D eigenvalue weighted by atomic mass is 10.1. The number of aromatic nitrogens is 2. The highest BCUT2D eigenvalue weighted by atomic mass is 32.1. The first-order chi connectivity index (χ1) is 11.2. The summed E-state index contributed by atoms with van der Waals surface area (Å²) in [5.74, 6) is -0.0510. The number of hydrogen-bond donors (Lipinski definition) is 1. The molecule has 3 rings (SSSR count). The van der Waals surface area contributed by atoms with Gasteiger partial charge in [-0.1, -0.05) is 31.2 Å². The van der Waals surface area contributed by atoms with E-state index < -0.39 is 0 Å². The van der Waals surface area contributed by atoms with Crippen LogP contribution in [0.3, 0.4) is 0 Å².